The fourth-order valence-electron chi connectivity index (χ4n) is 5.91. The van der Waals surface area contributed by atoms with E-state index in [1.165, 1.54) is 18.4 Å². The van der Waals surface area contributed by atoms with Gasteiger partial charge in [-0.15, -0.1) is 0 Å². The molecule has 2 aliphatic rings. The van der Waals surface area contributed by atoms with Crippen LogP contribution in [0.4, 0.5) is 5.69 Å². The molecule has 194 valence electrons. The van der Waals surface area contributed by atoms with E-state index in [4.69, 9.17) is 33.5 Å². The molecule has 38 heavy (non-hydrogen) atoms. The van der Waals surface area contributed by atoms with Crippen LogP contribution in [0.2, 0.25) is 5.02 Å². The molecule has 2 atom stereocenters. The Kier molecular flexibility index (Phi) is 6.85. The van der Waals surface area contributed by atoms with Gasteiger partial charge in [-0.2, -0.15) is 0 Å². The van der Waals surface area contributed by atoms with E-state index in [0.717, 1.165) is 52.1 Å². The van der Waals surface area contributed by atoms with Crippen molar-refractivity contribution in [3.05, 3.63) is 107 Å². The lowest BCUT2D eigenvalue weighted by atomic mass is 9.96. The van der Waals surface area contributed by atoms with Gasteiger partial charge in [-0.1, -0.05) is 17.7 Å². The maximum Gasteiger partial charge on any atom is 0.174 e. The van der Waals surface area contributed by atoms with Crippen molar-refractivity contribution in [3.63, 3.8) is 0 Å². The molecule has 1 aliphatic heterocycles. The molecule has 1 saturated heterocycles. The molecule has 2 aromatic carbocycles. The molecule has 7 heteroatoms. The summed E-state index contributed by atoms with van der Waals surface area (Å²) in [6.45, 7) is 4.31. The highest BCUT2D eigenvalue weighted by Crippen LogP contribution is 2.44. The Labute approximate surface area is 234 Å². The number of halogens is 1. The molecule has 1 aliphatic carbocycles. The second kappa shape index (κ2) is 10.4. The van der Waals surface area contributed by atoms with Gasteiger partial charge < -0.3 is 19.5 Å². The van der Waals surface area contributed by atoms with E-state index in [9.17, 15) is 0 Å². The van der Waals surface area contributed by atoms with Gasteiger partial charge in [0.05, 0.1) is 23.9 Å². The van der Waals surface area contributed by atoms with Gasteiger partial charge >= 0.3 is 0 Å². The Balaban J connectivity index is 1.41. The molecule has 1 saturated carbocycles. The summed E-state index contributed by atoms with van der Waals surface area (Å²) in [7, 11) is 0. The number of aryl methyl sites for hydroxylation is 1. The lowest BCUT2D eigenvalue weighted by Crippen LogP contribution is -2.29. The number of anilines is 1. The summed E-state index contributed by atoms with van der Waals surface area (Å²) < 4.78 is 8.50. The van der Waals surface area contributed by atoms with E-state index in [2.05, 4.69) is 77.2 Å². The minimum atomic E-state index is -0.0997. The average Bonchev–Trinajstić information content (AvgIpc) is 3.64. The second-order valence-corrected chi connectivity index (χ2v) is 11.0. The van der Waals surface area contributed by atoms with Crippen molar-refractivity contribution in [3.8, 4) is 11.4 Å². The lowest BCUT2D eigenvalue weighted by molar-refractivity contribution is 0.210. The molecule has 3 heterocycles. The molecule has 0 radical (unpaired) electrons. The first kappa shape index (κ1) is 25.0. The third kappa shape index (κ3) is 4.67. The fourth-order valence-corrected chi connectivity index (χ4v) is 6.38. The Morgan fingerprint density at radius 2 is 1.66 bits per heavy atom. The highest BCUT2D eigenvalue weighted by Gasteiger charge is 2.42. The van der Waals surface area contributed by atoms with Crippen LogP contribution in [0.5, 0.6) is 5.75 Å². The van der Waals surface area contributed by atoms with Crippen molar-refractivity contribution in [2.45, 2.75) is 57.7 Å². The van der Waals surface area contributed by atoms with Crippen LogP contribution in [0.3, 0.4) is 0 Å². The second-order valence-electron chi connectivity index (χ2n) is 10.2. The summed E-state index contributed by atoms with van der Waals surface area (Å²) in [6, 6.07) is 24.5. The summed E-state index contributed by atoms with van der Waals surface area (Å²) in [5.74, 6) is 0.914. The molecule has 2 aromatic heterocycles. The minimum absolute atomic E-state index is 0.0775. The smallest absolute Gasteiger partial charge is 0.174 e. The van der Waals surface area contributed by atoms with Crippen LogP contribution in [0.1, 0.15) is 60.4 Å². The van der Waals surface area contributed by atoms with E-state index in [0.29, 0.717) is 11.2 Å². The quantitative estimate of drug-likeness (QED) is 0.253. The Bertz CT molecular complexity index is 1430. The van der Waals surface area contributed by atoms with Crippen LogP contribution in [-0.4, -0.2) is 20.8 Å². The van der Waals surface area contributed by atoms with Crippen molar-refractivity contribution >= 4 is 34.6 Å². The van der Waals surface area contributed by atoms with Gasteiger partial charge in [0.1, 0.15) is 5.75 Å². The molecule has 0 bridgehead atoms. The number of nitrogens with zero attached hydrogens (tertiary/aromatic N) is 3. The van der Waals surface area contributed by atoms with E-state index >= 15 is 0 Å². The van der Waals surface area contributed by atoms with E-state index < -0.39 is 0 Å². The SMILES string of the molecule is Cc1cc([C@@H]2[C@@H](c3ccccn3)NC(=S)N2c2ccc(OC3CCCC3)cc2)c(C)n1-c1ccc(Cl)cc1. The number of benzene rings is 2. The van der Waals surface area contributed by atoms with Crippen LogP contribution < -0.4 is 15.0 Å². The summed E-state index contributed by atoms with van der Waals surface area (Å²) in [5.41, 5.74) is 6.58. The van der Waals surface area contributed by atoms with Gasteiger partial charge in [-0.25, -0.2) is 0 Å². The van der Waals surface area contributed by atoms with Crippen LogP contribution in [0.15, 0.2) is 79.0 Å². The van der Waals surface area contributed by atoms with Crippen molar-refractivity contribution in [2.75, 3.05) is 4.90 Å². The predicted octanol–water partition coefficient (Wildman–Crippen LogP) is 7.64. The lowest BCUT2D eigenvalue weighted by Gasteiger charge is -2.28. The molecular formula is C31H31ClN4OS. The van der Waals surface area contributed by atoms with Gasteiger partial charge in [0, 0.05) is 34.0 Å². The zero-order valence-corrected chi connectivity index (χ0v) is 23.2. The highest BCUT2D eigenvalue weighted by atomic mass is 35.5. The Hall–Kier alpha value is -3.35. The Morgan fingerprint density at radius 3 is 2.34 bits per heavy atom. The molecule has 0 spiro atoms. The first-order valence-corrected chi connectivity index (χ1v) is 14.0. The van der Waals surface area contributed by atoms with Gasteiger partial charge in [0.2, 0.25) is 0 Å². The standard InChI is InChI=1S/C31H31ClN4OS/c1-20-19-27(21(2)35(20)23-12-10-22(32)11-13-23)30-29(28-9-5-6-18-33-28)34-31(38)36(30)24-14-16-26(17-15-24)37-25-7-3-4-8-25/h5-6,9-19,25,29-30H,3-4,7-8H2,1-2H3,(H,34,38)/t29-,30-/m1/s1. The normalized spacial score (nSPS) is 19.7. The number of rotatable bonds is 6. The number of nitrogens with one attached hydrogen (secondary N) is 1. The monoisotopic (exact) mass is 542 g/mol. The maximum atomic E-state index is 6.23. The molecule has 0 amide bonds. The molecule has 1 N–H and O–H groups in total. The van der Waals surface area contributed by atoms with Crippen molar-refractivity contribution in [2.24, 2.45) is 0 Å². The summed E-state index contributed by atoms with van der Waals surface area (Å²) in [5, 5.41) is 4.99. The van der Waals surface area contributed by atoms with Gasteiger partial charge in [0.25, 0.3) is 0 Å². The summed E-state index contributed by atoms with van der Waals surface area (Å²) >= 11 is 12.1. The third-order valence-electron chi connectivity index (χ3n) is 7.69. The first-order chi connectivity index (χ1) is 18.5. The number of aromatic nitrogens is 2. The number of pyridine rings is 1. The topological polar surface area (TPSA) is 42.3 Å². The summed E-state index contributed by atoms with van der Waals surface area (Å²) in [6.07, 6.45) is 6.95. The fraction of sp³-hybridized carbons (Fsp3) is 0.290. The van der Waals surface area contributed by atoms with E-state index in [1.54, 1.807) is 0 Å². The molecule has 0 unspecified atom stereocenters. The van der Waals surface area contributed by atoms with E-state index in [1.807, 2.05) is 30.5 Å². The largest absolute Gasteiger partial charge is 0.490 e. The van der Waals surface area contributed by atoms with Crippen molar-refractivity contribution < 1.29 is 4.74 Å². The van der Waals surface area contributed by atoms with E-state index in [-0.39, 0.29) is 12.1 Å². The van der Waals surface area contributed by atoms with Crippen LogP contribution in [-0.2, 0) is 0 Å². The number of thiocarbonyl (C=S) groups is 1. The van der Waals surface area contributed by atoms with Gasteiger partial charge in [-0.3, -0.25) is 4.98 Å². The average molecular weight is 543 g/mol. The Morgan fingerprint density at radius 1 is 0.947 bits per heavy atom. The third-order valence-corrected chi connectivity index (χ3v) is 8.26. The summed E-state index contributed by atoms with van der Waals surface area (Å²) in [4.78, 5) is 6.93. The van der Waals surface area contributed by atoms with Crippen LogP contribution >= 0.6 is 23.8 Å². The molecule has 5 nitrogen and oxygen atoms in total. The first-order valence-electron chi connectivity index (χ1n) is 13.2. The minimum Gasteiger partial charge on any atom is -0.490 e. The van der Waals surface area contributed by atoms with Crippen molar-refractivity contribution in [1.82, 2.24) is 14.9 Å². The zero-order valence-electron chi connectivity index (χ0n) is 21.6. The number of hydrogen-bond donors (Lipinski definition) is 1. The van der Waals surface area contributed by atoms with Gasteiger partial charge in [-0.05, 0) is 124 Å². The predicted molar refractivity (Wildman–Crippen MR) is 158 cm³/mol. The molecule has 6 rings (SSSR count). The molecule has 2 fully saturated rings. The zero-order chi connectivity index (χ0) is 26.2. The molecular weight excluding hydrogens is 512 g/mol. The maximum absolute atomic E-state index is 6.23. The van der Waals surface area contributed by atoms with Gasteiger partial charge in [0.15, 0.2) is 5.11 Å². The highest BCUT2D eigenvalue weighted by molar-refractivity contribution is 7.80. The number of hydrogen-bond acceptors (Lipinski definition) is 3. The number of ether oxygens (including phenoxy) is 1. The molecule has 4 aromatic rings. The van der Waals surface area contributed by atoms with Crippen molar-refractivity contribution in [1.29, 1.82) is 0 Å². The van der Waals surface area contributed by atoms with Crippen LogP contribution in [0.25, 0.3) is 5.69 Å². The van der Waals surface area contributed by atoms with Crippen LogP contribution in [0, 0.1) is 13.8 Å².